The minimum Gasteiger partial charge on any atom is -0.478 e. The second kappa shape index (κ2) is 8.16. The van der Waals surface area contributed by atoms with Crippen molar-refractivity contribution in [3.63, 3.8) is 0 Å². The summed E-state index contributed by atoms with van der Waals surface area (Å²) in [5, 5.41) is 14.4. The van der Waals surface area contributed by atoms with Gasteiger partial charge in [0, 0.05) is 16.3 Å². The van der Waals surface area contributed by atoms with Crippen molar-refractivity contribution in [2.75, 3.05) is 16.8 Å². The molecule has 0 saturated carbocycles. The maximum Gasteiger partial charge on any atom is 0.337 e. The Bertz CT molecular complexity index is 497. The SMILES string of the molecule is CCSCC(C)NC(=O)Nc1cc(Br)ccc1C(=O)O. The molecule has 0 spiro atoms. The minimum absolute atomic E-state index is 0.0142. The molecular weight excluding hydrogens is 344 g/mol. The second-order valence-electron chi connectivity index (χ2n) is 4.15. The van der Waals surface area contributed by atoms with Gasteiger partial charge >= 0.3 is 12.0 Å². The van der Waals surface area contributed by atoms with Gasteiger partial charge in [0.15, 0.2) is 0 Å². The van der Waals surface area contributed by atoms with Gasteiger partial charge in [-0.25, -0.2) is 9.59 Å². The van der Waals surface area contributed by atoms with E-state index in [-0.39, 0.29) is 17.3 Å². The number of anilines is 1. The van der Waals surface area contributed by atoms with Crippen molar-refractivity contribution < 1.29 is 14.7 Å². The second-order valence-corrected chi connectivity index (χ2v) is 6.39. The monoisotopic (exact) mass is 360 g/mol. The third-order valence-corrected chi connectivity index (χ3v) is 4.05. The number of benzene rings is 1. The first-order valence-electron chi connectivity index (χ1n) is 6.12. The van der Waals surface area contributed by atoms with Crippen LogP contribution in [0.25, 0.3) is 0 Å². The molecule has 0 fully saturated rings. The van der Waals surface area contributed by atoms with Gasteiger partial charge in [-0.05, 0) is 30.9 Å². The third kappa shape index (κ3) is 5.42. The predicted molar refractivity (Wildman–Crippen MR) is 85.7 cm³/mol. The zero-order valence-electron chi connectivity index (χ0n) is 11.3. The highest BCUT2D eigenvalue weighted by molar-refractivity contribution is 9.10. The van der Waals surface area contributed by atoms with Crippen LogP contribution < -0.4 is 10.6 Å². The third-order valence-electron chi connectivity index (χ3n) is 2.41. The Kier molecular flexibility index (Phi) is 6.87. The van der Waals surface area contributed by atoms with Gasteiger partial charge < -0.3 is 15.7 Å². The molecular formula is C13H17BrN2O3S. The highest BCUT2D eigenvalue weighted by atomic mass is 79.9. The largest absolute Gasteiger partial charge is 0.478 e. The van der Waals surface area contributed by atoms with Gasteiger partial charge in [-0.1, -0.05) is 22.9 Å². The fourth-order valence-corrected chi connectivity index (χ4v) is 2.56. The van der Waals surface area contributed by atoms with Crippen molar-refractivity contribution in [1.29, 1.82) is 0 Å². The summed E-state index contributed by atoms with van der Waals surface area (Å²) in [5.41, 5.74) is 0.318. The first-order valence-corrected chi connectivity index (χ1v) is 8.07. The normalized spacial score (nSPS) is 11.8. The number of carboxylic acids is 1. The fourth-order valence-electron chi connectivity index (χ4n) is 1.52. The van der Waals surface area contributed by atoms with Crippen LogP contribution in [0.5, 0.6) is 0 Å². The standard InChI is InChI=1S/C13H17BrN2O3S/c1-3-20-7-8(2)15-13(19)16-11-6-9(14)4-5-10(11)12(17)18/h4-6,8H,3,7H2,1-2H3,(H,17,18)(H2,15,16,19). The van der Waals surface area contributed by atoms with E-state index in [1.807, 2.05) is 6.92 Å². The molecule has 0 aliphatic heterocycles. The number of hydrogen-bond acceptors (Lipinski definition) is 3. The van der Waals surface area contributed by atoms with Gasteiger partial charge in [0.2, 0.25) is 0 Å². The Balaban J connectivity index is 2.70. The Morgan fingerprint density at radius 2 is 2.15 bits per heavy atom. The van der Waals surface area contributed by atoms with Gasteiger partial charge in [0.05, 0.1) is 11.3 Å². The van der Waals surface area contributed by atoms with Crippen LogP contribution in [0.1, 0.15) is 24.2 Å². The lowest BCUT2D eigenvalue weighted by atomic mass is 10.2. The molecule has 0 bridgehead atoms. The van der Waals surface area contributed by atoms with E-state index in [0.717, 1.165) is 11.5 Å². The first-order chi connectivity index (χ1) is 9.43. The summed E-state index contributed by atoms with van der Waals surface area (Å²) in [6.45, 7) is 3.96. The molecule has 1 unspecified atom stereocenters. The number of hydrogen-bond donors (Lipinski definition) is 3. The number of aromatic carboxylic acids is 1. The van der Waals surface area contributed by atoms with Gasteiger partial charge in [0.1, 0.15) is 0 Å². The lowest BCUT2D eigenvalue weighted by Crippen LogP contribution is -2.37. The smallest absolute Gasteiger partial charge is 0.337 e. The van der Waals surface area contributed by atoms with Crippen molar-refractivity contribution in [2.24, 2.45) is 0 Å². The Morgan fingerprint density at radius 3 is 2.75 bits per heavy atom. The van der Waals surface area contributed by atoms with Crippen LogP contribution >= 0.6 is 27.7 Å². The molecule has 110 valence electrons. The number of rotatable bonds is 6. The summed E-state index contributed by atoms with van der Waals surface area (Å²) >= 11 is 4.98. The van der Waals surface area contributed by atoms with Crippen LogP contribution in [0.2, 0.25) is 0 Å². The highest BCUT2D eigenvalue weighted by Gasteiger charge is 2.14. The first kappa shape index (κ1) is 16.8. The van der Waals surface area contributed by atoms with E-state index >= 15 is 0 Å². The molecule has 20 heavy (non-hydrogen) atoms. The molecule has 0 heterocycles. The van der Waals surface area contributed by atoms with Crippen LogP contribution in [-0.2, 0) is 0 Å². The molecule has 1 atom stereocenters. The quantitative estimate of drug-likeness (QED) is 0.726. The molecule has 0 aliphatic rings. The number of urea groups is 1. The maximum atomic E-state index is 11.8. The number of carbonyl (C=O) groups is 2. The van der Waals surface area contributed by atoms with E-state index < -0.39 is 12.0 Å². The summed E-state index contributed by atoms with van der Waals surface area (Å²) in [7, 11) is 0. The number of thioether (sulfide) groups is 1. The molecule has 1 rings (SSSR count). The summed E-state index contributed by atoms with van der Waals surface area (Å²) in [5.74, 6) is 0.721. The van der Waals surface area contributed by atoms with E-state index in [1.165, 1.54) is 6.07 Å². The Morgan fingerprint density at radius 1 is 1.45 bits per heavy atom. The summed E-state index contributed by atoms with van der Waals surface area (Å²) in [6, 6.07) is 4.23. The van der Waals surface area contributed by atoms with Gasteiger partial charge in [-0.3, -0.25) is 0 Å². The maximum absolute atomic E-state index is 11.8. The van der Waals surface area contributed by atoms with E-state index in [2.05, 4.69) is 33.5 Å². The van der Waals surface area contributed by atoms with Crippen molar-refractivity contribution in [2.45, 2.75) is 19.9 Å². The Labute approximate surface area is 130 Å². The summed E-state index contributed by atoms with van der Waals surface area (Å²) in [4.78, 5) is 22.9. The van der Waals surface area contributed by atoms with Gasteiger partial charge in [-0.15, -0.1) is 0 Å². The zero-order valence-corrected chi connectivity index (χ0v) is 13.7. The molecule has 0 radical (unpaired) electrons. The van der Waals surface area contributed by atoms with Crippen LogP contribution in [0, 0.1) is 0 Å². The lowest BCUT2D eigenvalue weighted by Gasteiger charge is -2.15. The highest BCUT2D eigenvalue weighted by Crippen LogP contribution is 2.21. The molecule has 1 aromatic rings. The number of halogens is 1. The van der Waals surface area contributed by atoms with Crippen molar-refractivity contribution in [3.8, 4) is 0 Å². The van der Waals surface area contributed by atoms with Crippen molar-refractivity contribution in [3.05, 3.63) is 28.2 Å². The fraction of sp³-hybridized carbons (Fsp3) is 0.385. The molecule has 1 aromatic carbocycles. The van der Waals surface area contributed by atoms with Crippen LogP contribution in [0.15, 0.2) is 22.7 Å². The molecule has 0 aromatic heterocycles. The van der Waals surface area contributed by atoms with Crippen molar-refractivity contribution >= 4 is 45.4 Å². The minimum atomic E-state index is -1.08. The van der Waals surface area contributed by atoms with Crippen LogP contribution in [-0.4, -0.2) is 34.7 Å². The van der Waals surface area contributed by atoms with E-state index in [9.17, 15) is 9.59 Å². The van der Waals surface area contributed by atoms with Crippen LogP contribution in [0.3, 0.4) is 0 Å². The topological polar surface area (TPSA) is 78.4 Å². The molecule has 0 saturated heterocycles. The molecule has 5 nitrogen and oxygen atoms in total. The van der Waals surface area contributed by atoms with Gasteiger partial charge in [0.25, 0.3) is 0 Å². The number of nitrogens with one attached hydrogen (secondary N) is 2. The lowest BCUT2D eigenvalue weighted by molar-refractivity contribution is 0.0698. The van der Waals surface area contributed by atoms with Gasteiger partial charge in [-0.2, -0.15) is 11.8 Å². The summed E-state index contributed by atoms with van der Waals surface area (Å²) in [6.07, 6.45) is 0. The van der Waals surface area contributed by atoms with E-state index in [1.54, 1.807) is 23.9 Å². The molecule has 2 amide bonds. The van der Waals surface area contributed by atoms with Crippen molar-refractivity contribution in [1.82, 2.24) is 5.32 Å². The predicted octanol–water partition coefficient (Wildman–Crippen LogP) is 3.41. The number of amides is 2. The number of carboxylic acid groups (broad SMARTS) is 1. The average Bonchev–Trinajstić information content (AvgIpc) is 2.35. The molecule has 0 aliphatic carbocycles. The van der Waals surface area contributed by atoms with E-state index in [4.69, 9.17) is 5.11 Å². The molecule has 3 N–H and O–H groups in total. The summed E-state index contributed by atoms with van der Waals surface area (Å²) < 4.78 is 0.701. The Hall–Kier alpha value is -1.21. The zero-order chi connectivity index (χ0) is 15.1. The average molecular weight is 361 g/mol. The number of carbonyl (C=O) groups excluding carboxylic acids is 1. The van der Waals surface area contributed by atoms with Crippen LogP contribution in [0.4, 0.5) is 10.5 Å². The molecule has 7 heteroatoms. The van der Waals surface area contributed by atoms with E-state index in [0.29, 0.717) is 4.47 Å².